The Kier molecular flexibility index (Phi) is 6.12. The van der Waals surface area contributed by atoms with Gasteiger partial charge in [0.1, 0.15) is 5.82 Å². The van der Waals surface area contributed by atoms with Crippen LogP contribution in [0.4, 0.5) is 0 Å². The predicted octanol–water partition coefficient (Wildman–Crippen LogP) is 4.23. The Labute approximate surface area is 159 Å². The van der Waals surface area contributed by atoms with Gasteiger partial charge in [-0.15, -0.1) is 0 Å². The van der Waals surface area contributed by atoms with Crippen LogP contribution in [-0.2, 0) is 11.8 Å². The molecule has 1 N–H and O–H groups in total. The van der Waals surface area contributed by atoms with Gasteiger partial charge in [0.2, 0.25) is 5.91 Å². The molecular weight excluding hydrogens is 350 g/mol. The van der Waals surface area contributed by atoms with Crippen molar-refractivity contribution in [2.24, 2.45) is 18.4 Å². The molecule has 0 radical (unpaired) electrons. The molecule has 0 aliphatic heterocycles. The highest BCUT2D eigenvalue weighted by Crippen LogP contribution is 2.26. The summed E-state index contributed by atoms with van der Waals surface area (Å²) in [7, 11) is 1.67. The second-order valence-corrected chi connectivity index (χ2v) is 8.80. The Morgan fingerprint density at radius 2 is 1.96 bits per heavy atom. The van der Waals surface area contributed by atoms with E-state index in [0.717, 1.165) is 6.42 Å². The standard InChI is InChI=1S/C20H28ClN3O2/c1-12(11-20(3,4)5)9-17(25)22-13(2)18-23-16-10-14(21)7-8-15(16)19(26)24(18)6/h7-8,10,12-13H,9,11H2,1-6H3,(H,22,25)/t12-,13-/m0/s1. The van der Waals surface area contributed by atoms with Gasteiger partial charge in [-0.05, 0) is 42.9 Å². The molecule has 1 aromatic carbocycles. The van der Waals surface area contributed by atoms with Crippen molar-refractivity contribution in [2.75, 3.05) is 0 Å². The first-order valence-electron chi connectivity index (χ1n) is 8.93. The van der Waals surface area contributed by atoms with E-state index in [-0.39, 0.29) is 28.8 Å². The van der Waals surface area contributed by atoms with Crippen molar-refractivity contribution in [2.45, 2.75) is 53.5 Å². The summed E-state index contributed by atoms with van der Waals surface area (Å²) in [6.45, 7) is 10.4. The number of aromatic nitrogens is 2. The Bertz CT molecular complexity index is 868. The number of carbonyl (C=O) groups is 1. The van der Waals surface area contributed by atoms with Crippen LogP contribution < -0.4 is 10.9 Å². The van der Waals surface area contributed by atoms with Gasteiger partial charge in [-0.3, -0.25) is 14.2 Å². The van der Waals surface area contributed by atoms with E-state index in [1.54, 1.807) is 25.2 Å². The third kappa shape index (κ3) is 5.07. The van der Waals surface area contributed by atoms with Crippen molar-refractivity contribution in [1.82, 2.24) is 14.9 Å². The Hall–Kier alpha value is -1.88. The topological polar surface area (TPSA) is 64.0 Å². The number of hydrogen-bond acceptors (Lipinski definition) is 3. The number of fused-ring (bicyclic) bond motifs is 1. The van der Waals surface area contributed by atoms with Crippen molar-refractivity contribution >= 4 is 28.4 Å². The number of hydrogen-bond donors (Lipinski definition) is 1. The van der Waals surface area contributed by atoms with E-state index in [9.17, 15) is 9.59 Å². The summed E-state index contributed by atoms with van der Waals surface area (Å²) in [6.07, 6.45) is 1.43. The van der Waals surface area contributed by atoms with Crippen LogP contribution in [0.25, 0.3) is 10.9 Å². The Morgan fingerprint density at radius 1 is 1.31 bits per heavy atom. The molecule has 0 aliphatic rings. The highest BCUT2D eigenvalue weighted by molar-refractivity contribution is 6.31. The fourth-order valence-electron chi connectivity index (χ4n) is 3.45. The molecule has 2 atom stereocenters. The number of rotatable bonds is 5. The minimum absolute atomic E-state index is 0.0327. The fraction of sp³-hybridized carbons (Fsp3) is 0.550. The first-order valence-corrected chi connectivity index (χ1v) is 9.31. The molecule has 0 aliphatic carbocycles. The maximum atomic E-state index is 12.6. The van der Waals surface area contributed by atoms with E-state index < -0.39 is 0 Å². The predicted molar refractivity (Wildman–Crippen MR) is 106 cm³/mol. The van der Waals surface area contributed by atoms with Gasteiger partial charge in [0.25, 0.3) is 5.56 Å². The van der Waals surface area contributed by atoms with E-state index in [4.69, 9.17) is 11.6 Å². The second-order valence-electron chi connectivity index (χ2n) is 8.36. The normalized spacial score (nSPS) is 14.3. The van der Waals surface area contributed by atoms with Crippen molar-refractivity contribution < 1.29 is 4.79 Å². The van der Waals surface area contributed by atoms with Gasteiger partial charge in [0.15, 0.2) is 0 Å². The van der Waals surface area contributed by atoms with Gasteiger partial charge in [-0.2, -0.15) is 0 Å². The van der Waals surface area contributed by atoms with Crippen molar-refractivity contribution in [1.29, 1.82) is 0 Å². The summed E-state index contributed by atoms with van der Waals surface area (Å²) in [4.78, 5) is 29.5. The first-order chi connectivity index (χ1) is 12.0. The number of nitrogens with one attached hydrogen (secondary N) is 1. The van der Waals surface area contributed by atoms with Gasteiger partial charge < -0.3 is 5.32 Å². The second kappa shape index (κ2) is 7.78. The number of carbonyl (C=O) groups excluding carboxylic acids is 1. The molecule has 1 heterocycles. The van der Waals surface area contributed by atoms with Crippen LogP contribution in [0.3, 0.4) is 0 Å². The van der Waals surface area contributed by atoms with E-state index in [0.29, 0.717) is 28.2 Å². The Balaban J connectivity index is 2.19. The third-order valence-corrected chi connectivity index (χ3v) is 4.57. The SMILES string of the molecule is C[C@@H](CC(=O)N[C@@H](C)c1nc2cc(Cl)ccc2c(=O)n1C)CC(C)(C)C. The lowest BCUT2D eigenvalue weighted by atomic mass is 9.84. The summed E-state index contributed by atoms with van der Waals surface area (Å²) in [5.74, 6) is 0.769. The highest BCUT2D eigenvalue weighted by atomic mass is 35.5. The zero-order chi connectivity index (χ0) is 19.6. The summed E-state index contributed by atoms with van der Waals surface area (Å²) >= 11 is 6.02. The number of halogens is 1. The lowest BCUT2D eigenvalue weighted by Crippen LogP contribution is -2.33. The van der Waals surface area contributed by atoms with Crippen LogP contribution >= 0.6 is 11.6 Å². The average Bonchev–Trinajstić information content (AvgIpc) is 2.48. The van der Waals surface area contributed by atoms with Gasteiger partial charge in [-0.25, -0.2) is 4.98 Å². The molecule has 0 bridgehead atoms. The quantitative estimate of drug-likeness (QED) is 0.848. The summed E-state index contributed by atoms with van der Waals surface area (Å²) in [5, 5.41) is 4.00. The van der Waals surface area contributed by atoms with E-state index in [2.05, 4.69) is 38.0 Å². The monoisotopic (exact) mass is 377 g/mol. The Morgan fingerprint density at radius 3 is 2.58 bits per heavy atom. The van der Waals surface area contributed by atoms with Crippen molar-refractivity contribution in [3.63, 3.8) is 0 Å². The van der Waals surface area contributed by atoms with Crippen molar-refractivity contribution in [3.05, 3.63) is 39.4 Å². The first kappa shape index (κ1) is 20.4. The van der Waals surface area contributed by atoms with Crippen LogP contribution in [0.1, 0.15) is 59.3 Å². The molecule has 2 aromatic rings. The molecule has 6 heteroatoms. The zero-order valence-electron chi connectivity index (χ0n) is 16.4. The lowest BCUT2D eigenvalue weighted by Gasteiger charge is -2.23. The minimum Gasteiger partial charge on any atom is -0.346 e. The average molecular weight is 378 g/mol. The molecule has 0 saturated carbocycles. The fourth-order valence-corrected chi connectivity index (χ4v) is 3.61. The van der Waals surface area contributed by atoms with Crippen LogP contribution in [0.2, 0.25) is 5.02 Å². The minimum atomic E-state index is -0.370. The molecule has 142 valence electrons. The molecule has 0 fully saturated rings. The molecular formula is C20H28ClN3O2. The third-order valence-electron chi connectivity index (χ3n) is 4.33. The van der Waals surface area contributed by atoms with Crippen molar-refractivity contribution in [3.8, 4) is 0 Å². The number of nitrogens with zero attached hydrogens (tertiary/aromatic N) is 2. The van der Waals surface area contributed by atoms with Crippen LogP contribution in [0.5, 0.6) is 0 Å². The highest BCUT2D eigenvalue weighted by Gasteiger charge is 2.20. The number of amides is 1. The summed E-state index contributed by atoms with van der Waals surface area (Å²) in [6, 6.07) is 4.65. The molecule has 5 nitrogen and oxygen atoms in total. The summed E-state index contributed by atoms with van der Waals surface area (Å²) in [5.41, 5.74) is 0.579. The molecule has 1 aromatic heterocycles. The van der Waals surface area contributed by atoms with Crippen LogP contribution in [-0.4, -0.2) is 15.5 Å². The number of benzene rings is 1. The molecule has 0 unspecified atom stereocenters. The van der Waals surface area contributed by atoms with E-state index in [1.807, 2.05) is 6.92 Å². The largest absolute Gasteiger partial charge is 0.346 e. The van der Waals surface area contributed by atoms with Gasteiger partial charge in [0, 0.05) is 18.5 Å². The molecule has 2 rings (SSSR count). The van der Waals surface area contributed by atoms with Gasteiger partial charge >= 0.3 is 0 Å². The van der Waals surface area contributed by atoms with E-state index >= 15 is 0 Å². The van der Waals surface area contributed by atoms with Crippen LogP contribution in [0.15, 0.2) is 23.0 Å². The summed E-state index contributed by atoms with van der Waals surface area (Å²) < 4.78 is 1.49. The van der Waals surface area contributed by atoms with Gasteiger partial charge in [0.05, 0.1) is 16.9 Å². The lowest BCUT2D eigenvalue weighted by molar-refractivity contribution is -0.122. The maximum absolute atomic E-state index is 12.6. The maximum Gasteiger partial charge on any atom is 0.261 e. The molecule has 26 heavy (non-hydrogen) atoms. The zero-order valence-corrected chi connectivity index (χ0v) is 17.1. The van der Waals surface area contributed by atoms with Gasteiger partial charge in [-0.1, -0.05) is 39.3 Å². The van der Waals surface area contributed by atoms with E-state index in [1.165, 1.54) is 4.57 Å². The molecule has 0 spiro atoms. The smallest absolute Gasteiger partial charge is 0.261 e. The molecule has 0 saturated heterocycles. The van der Waals surface area contributed by atoms with Crippen LogP contribution in [0, 0.1) is 11.3 Å². The molecule has 1 amide bonds.